The van der Waals surface area contributed by atoms with Crippen LogP contribution in [-0.2, 0) is 0 Å². The van der Waals surface area contributed by atoms with E-state index >= 15 is 0 Å². The normalized spacial score (nSPS) is 12.4. The maximum Gasteiger partial charge on any atom is 0.119 e. The molecule has 100 valence electrons. The summed E-state index contributed by atoms with van der Waals surface area (Å²) in [4.78, 5) is 0. The van der Waals surface area contributed by atoms with E-state index in [9.17, 15) is 0 Å². The summed E-state index contributed by atoms with van der Waals surface area (Å²) in [6.45, 7) is 4.78. The molecule has 0 heterocycles. The highest BCUT2D eigenvalue weighted by Crippen LogP contribution is 2.23. The molecule has 0 aliphatic carbocycles. The van der Waals surface area contributed by atoms with E-state index < -0.39 is 0 Å². The second-order valence-electron chi connectivity index (χ2n) is 5.03. The van der Waals surface area contributed by atoms with Crippen LogP contribution >= 0.6 is 0 Å². The first kappa shape index (κ1) is 13.6. The van der Waals surface area contributed by atoms with E-state index in [0.29, 0.717) is 12.5 Å². The minimum Gasteiger partial charge on any atom is -0.489 e. The smallest absolute Gasteiger partial charge is 0.119 e. The Morgan fingerprint density at radius 3 is 2.00 bits per heavy atom. The molecule has 0 aliphatic heterocycles. The predicted molar refractivity (Wildman–Crippen MR) is 80.2 cm³/mol. The van der Waals surface area contributed by atoms with Crippen molar-refractivity contribution in [1.82, 2.24) is 0 Å². The summed E-state index contributed by atoms with van der Waals surface area (Å²) in [5, 5.41) is 0. The Labute approximate surface area is 115 Å². The van der Waals surface area contributed by atoms with Gasteiger partial charge in [-0.1, -0.05) is 56.3 Å². The van der Waals surface area contributed by atoms with Gasteiger partial charge in [0.2, 0.25) is 0 Å². The lowest BCUT2D eigenvalue weighted by Crippen LogP contribution is -2.31. The number of nitrogens with two attached hydrogens (primary N) is 1. The van der Waals surface area contributed by atoms with Crippen LogP contribution in [0.25, 0.3) is 11.1 Å². The van der Waals surface area contributed by atoms with E-state index in [0.717, 1.165) is 5.75 Å². The van der Waals surface area contributed by atoms with E-state index in [4.69, 9.17) is 10.5 Å². The molecule has 2 heteroatoms. The van der Waals surface area contributed by atoms with Crippen LogP contribution in [0.3, 0.4) is 0 Å². The lowest BCUT2D eigenvalue weighted by atomic mass is 10.1. The molecule has 2 nitrogen and oxygen atoms in total. The van der Waals surface area contributed by atoms with Gasteiger partial charge in [0.15, 0.2) is 0 Å². The van der Waals surface area contributed by atoms with Crippen LogP contribution in [0.5, 0.6) is 5.75 Å². The number of hydrogen-bond acceptors (Lipinski definition) is 2. The second kappa shape index (κ2) is 6.39. The van der Waals surface area contributed by atoms with Crippen LogP contribution in [0.2, 0.25) is 0 Å². The van der Waals surface area contributed by atoms with Gasteiger partial charge < -0.3 is 10.5 Å². The molecule has 0 aromatic heterocycles. The SMILES string of the molecule is CC(C)C(CN)Oc1ccc(-c2ccccc2)cc1. The van der Waals surface area contributed by atoms with Crippen molar-refractivity contribution in [2.45, 2.75) is 20.0 Å². The molecule has 0 saturated carbocycles. The standard InChI is InChI=1S/C17H21NO/c1-13(2)17(12-18)19-16-10-8-15(9-11-16)14-6-4-3-5-7-14/h3-11,13,17H,12,18H2,1-2H3. The zero-order valence-corrected chi connectivity index (χ0v) is 11.5. The molecule has 2 aromatic rings. The number of benzene rings is 2. The molecule has 0 fully saturated rings. The molecular formula is C17H21NO. The Morgan fingerprint density at radius 2 is 1.47 bits per heavy atom. The van der Waals surface area contributed by atoms with Crippen molar-refractivity contribution in [3.05, 3.63) is 54.6 Å². The third-order valence-corrected chi connectivity index (χ3v) is 3.22. The highest BCUT2D eigenvalue weighted by molar-refractivity contribution is 5.63. The number of ether oxygens (including phenoxy) is 1. The van der Waals surface area contributed by atoms with Gasteiger partial charge in [0.25, 0.3) is 0 Å². The van der Waals surface area contributed by atoms with Gasteiger partial charge >= 0.3 is 0 Å². The van der Waals surface area contributed by atoms with Crippen LogP contribution in [0.1, 0.15) is 13.8 Å². The topological polar surface area (TPSA) is 35.2 Å². The molecule has 0 aliphatic rings. The molecule has 2 rings (SSSR count). The summed E-state index contributed by atoms with van der Waals surface area (Å²) in [6.07, 6.45) is 0.0718. The van der Waals surface area contributed by atoms with E-state index in [1.54, 1.807) is 0 Å². The molecule has 2 N–H and O–H groups in total. The molecular weight excluding hydrogens is 234 g/mol. The Morgan fingerprint density at radius 1 is 0.895 bits per heavy atom. The fraction of sp³-hybridized carbons (Fsp3) is 0.294. The Bertz CT molecular complexity index is 490. The van der Waals surface area contributed by atoms with Crippen molar-refractivity contribution in [3.8, 4) is 16.9 Å². The summed E-state index contributed by atoms with van der Waals surface area (Å²) < 4.78 is 5.89. The minimum absolute atomic E-state index is 0.0718. The van der Waals surface area contributed by atoms with Gasteiger partial charge in [-0.05, 0) is 29.2 Å². The van der Waals surface area contributed by atoms with Crippen molar-refractivity contribution in [2.24, 2.45) is 11.7 Å². The van der Waals surface area contributed by atoms with Crippen molar-refractivity contribution in [1.29, 1.82) is 0 Å². The highest BCUT2D eigenvalue weighted by atomic mass is 16.5. The molecule has 2 aromatic carbocycles. The first-order valence-electron chi connectivity index (χ1n) is 6.73. The van der Waals surface area contributed by atoms with Crippen molar-refractivity contribution in [3.63, 3.8) is 0 Å². The largest absolute Gasteiger partial charge is 0.489 e. The van der Waals surface area contributed by atoms with E-state index in [1.165, 1.54) is 11.1 Å². The van der Waals surface area contributed by atoms with Crippen molar-refractivity contribution in [2.75, 3.05) is 6.54 Å². The maximum atomic E-state index is 5.89. The van der Waals surface area contributed by atoms with Crippen molar-refractivity contribution < 1.29 is 4.74 Å². The van der Waals surface area contributed by atoms with Gasteiger partial charge in [-0.15, -0.1) is 0 Å². The van der Waals surface area contributed by atoms with Crippen LogP contribution in [-0.4, -0.2) is 12.6 Å². The van der Waals surface area contributed by atoms with Gasteiger partial charge in [0.05, 0.1) is 0 Å². The Hall–Kier alpha value is -1.80. The average Bonchev–Trinajstić information content (AvgIpc) is 2.46. The zero-order valence-electron chi connectivity index (χ0n) is 11.5. The summed E-state index contributed by atoms with van der Waals surface area (Å²) in [7, 11) is 0. The van der Waals surface area contributed by atoms with Gasteiger partial charge in [-0.2, -0.15) is 0 Å². The molecule has 0 radical (unpaired) electrons. The summed E-state index contributed by atoms with van der Waals surface area (Å²) in [5.74, 6) is 1.29. The van der Waals surface area contributed by atoms with Crippen molar-refractivity contribution >= 4 is 0 Å². The quantitative estimate of drug-likeness (QED) is 0.883. The van der Waals surface area contributed by atoms with Crippen LogP contribution < -0.4 is 10.5 Å². The number of rotatable bonds is 5. The molecule has 1 unspecified atom stereocenters. The molecule has 0 spiro atoms. The minimum atomic E-state index is 0.0718. The third kappa shape index (κ3) is 3.58. The number of hydrogen-bond donors (Lipinski definition) is 1. The molecule has 0 amide bonds. The fourth-order valence-corrected chi connectivity index (χ4v) is 1.99. The van der Waals surface area contributed by atoms with Gasteiger partial charge in [0.1, 0.15) is 11.9 Å². The highest BCUT2D eigenvalue weighted by Gasteiger charge is 2.12. The van der Waals surface area contributed by atoms with Gasteiger partial charge in [0, 0.05) is 6.54 Å². The first-order valence-corrected chi connectivity index (χ1v) is 6.73. The van der Waals surface area contributed by atoms with Gasteiger partial charge in [-0.3, -0.25) is 0 Å². The first-order chi connectivity index (χ1) is 9.20. The lowest BCUT2D eigenvalue weighted by molar-refractivity contribution is 0.159. The molecule has 19 heavy (non-hydrogen) atoms. The summed E-state index contributed by atoms with van der Waals surface area (Å²) >= 11 is 0. The molecule has 0 bridgehead atoms. The van der Waals surface area contributed by atoms with Crippen LogP contribution in [0, 0.1) is 5.92 Å². The predicted octanol–water partition coefficient (Wildman–Crippen LogP) is 3.72. The summed E-state index contributed by atoms with van der Waals surface area (Å²) in [5.41, 5.74) is 8.13. The van der Waals surface area contributed by atoms with Crippen LogP contribution in [0.15, 0.2) is 54.6 Å². The maximum absolute atomic E-state index is 5.89. The fourth-order valence-electron chi connectivity index (χ4n) is 1.99. The summed E-state index contributed by atoms with van der Waals surface area (Å²) in [6, 6.07) is 18.5. The molecule has 0 saturated heterocycles. The second-order valence-corrected chi connectivity index (χ2v) is 5.03. The van der Waals surface area contributed by atoms with Crippen LogP contribution in [0.4, 0.5) is 0 Å². The van der Waals surface area contributed by atoms with E-state index in [2.05, 4.69) is 38.1 Å². The Kier molecular flexibility index (Phi) is 4.58. The average molecular weight is 255 g/mol. The molecule has 1 atom stereocenters. The lowest BCUT2D eigenvalue weighted by Gasteiger charge is -2.21. The van der Waals surface area contributed by atoms with Gasteiger partial charge in [-0.25, -0.2) is 0 Å². The monoisotopic (exact) mass is 255 g/mol. The third-order valence-electron chi connectivity index (χ3n) is 3.22. The Balaban J connectivity index is 2.11. The van der Waals surface area contributed by atoms with E-state index in [1.807, 2.05) is 30.3 Å². The van der Waals surface area contributed by atoms with E-state index in [-0.39, 0.29) is 6.10 Å². The zero-order chi connectivity index (χ0) is 13.7.